The summed E-state index contributed by atoms with van der Waals surface area (Å²) in [6.07, 6.45) is 5.90. The highest BCUT2D eigenvalue weighted by atomic mass is 16.5. The highest BCUT2D eigenvalue weighted by molar-refractivity contribution is 5.94. The van der Waals surface area contributed by atoms with Gasteiger partial charge in [-0.1, -0.05) is 6.42 Å². The summed E-state index contributed by atoms with van der Waals surface area (Å²) in [5.41, 5.74) is 0.436. The minimum atomic E-state index is -0.213. The quantitative estimate of drug-likeness (QED) is 0.865. The number of carbonyl (C=O) groups is 1. The normalized spacial score (nSPS) is 16.3. The summed E-state index contributed by atoms with van der Waals surface area (Å²) in [6, 6.07) is 4.77. The minimum absolute atomic E-state index is 0.0293. The van der Waals surface area contributed by atoms with E-state index >= 15 is 0 Å². The van der Waals surface area contributed by atoms with E-state index in [-0.39, 0.29) is 17.8 Å². The molecule has 1 saturated carbocycles. The lowest BCUT2D eigenvalue weighted by molar-refractivity contribution is 0.0962. The van der Waals surface area contributed by atoms with Crippen molar-refractivity contribution in [1.29, 1.82) is 0 Å². The third-order valence-electron chi connectivity index (χ3n) is 3.29. The SMILES string of the molecule is CNC(=O)c1ccc(OC2CCCCC2)c(O)c1. The number of nitrogens with one attached hydrogen (secondary N) is 1. The number of aromatic hydroxyl groups is 1. The van der Waals surface area contributed by atoms with Gasteiger partial charge in [0, 0.05) is 12.6 Å². The number of phenols is 1. The predicted molar refractivity (Wildman–Crippen MR) is 69.0 cm³/mol. The Bertz CT molecular complexity index is 425. The maximum Gasteiger partial charge on any atom is 0.251 e. The average molecular weight is 249 g/mol. The van der Waals surface area contributed by atoms with Crippen LogP contribution in [0.3, 0.4) is 0 Å². The highest BCUT2D eigenvalue weighted by Crippen LogP contribution is 2.30. The maximum absolute atomic E-state index is 11.4. The van der Waals surface area contributed by atoms with Gasteiger partial charge >= 0.3 is 0 Å². The molecule has 4 nitrogen and oxygen atoms in total. The molecular formula is C14H19NO3. The Labute approximate surface area is 107 Å². The number of amides is 1. The second kappa shape index (κ2) is 5.76. The molecule has 0 aliphatic heterocycles. The molecule has 0 aromatic heterocycles. The van der Waals surface area contributed by atoms with Gasteiger partial charge in [-0.2, -0.15) is 0 Å². The summed E-state index contributed by atoms with van der Waals surface area (Å²) in [7, 11) is 1.56. The largest absolute Gasteiger partial charge is 0.504 e. The van der Waals surface area contributed by atoms with Crippen molar-refractivity contribution in [3.05, 3.63) is 23.8 Å². The van der Waals surface area contributed by atoms with Crippen molar-refractivity contribution >= 4 is 5.91 Å². The smallest absolute Gasteiger partial charge is 0.251 e. The minimum Gasteiger partial charge on any atom is -0.504 e. The van der Waals surface area contributed by atoms with Crippen LogP contribution < -0.4 is 10.1 Å². The Kier molecular flexibility index (Phi) is 4.07. The first kappa shape index (κ1) is 12.7. The second-order valence-electron chi connectivity index (χ2n) is 4.64. The van der Waals surface area contributed by atoms with Crippen molar-refractivity contribution in [1.82, 2.24) is 5.32 Å². The third-order valence-corrected chi connectivity index (χ3v) is 3.29. The molecule has 1 aromatic rings. The number of hydrogen-bond donors (Lipinski definition) is 2. The lowest BCUT2D eigenvalue weighted by atomic mass is 9.98. The summed E-state index contributed by atoms with van der Waals surface area (Å²) in [4.78, 5) is 11.4. The monoisotopic (exact) mass is 249 g/mol. The molecule has 98 valence electrons. The van der Waals surface area contributed by atoms with Gasteiger partial charge in [0.1, 0.15) is 0 Å². The molecule has 2 N–H and O–H groups in total. The van der Waals surface area contributed by atoms with Crippen molar-refractivity contribution in [2.24, 2.45) is 0 Å². The molecule has 1 amide bonds. The summed E-state index contributed by atoms with van der Waals surface area (Å²) in [5.74, 6) is 0.283. The number of carbonyl (C=O) groups excluding carboxylic acids is 1. The fourth-order valence-electron chi connectivity index (χ4n) is 2.27. The van der Waals surface area contributed by atoms with E-state index in [1.54, 1.807) is 19.2 Å². The van der Waals surface area contributed by atoms with Crippen molar-refractivity contribution < 1.29 is 14.6 Å². The maximum atomic E-state index is 11.4. The molecule has 18 heavy (non-hydrogen) atoms. The fraction of sp³-hybridized carbons (Fsp3) is 0.500. The van der Waals surface area contributed by atoms with Crippen LogP contribution in [0.15, 0.2) is 18.2 Å². The van der Waals surface area contributed by atoms with Crippen LogP contribution in [-0.2, 0) is 0 Å². The lowest BCUT2D eigenvalue weighted by Crippen LogP contribution is -2.20. The fourth-order valence-corrected chi connectivity index (χ4v) is 2.27. The molecule has 4 heteroatoms. The molecule has 1 aromatic carbocycles. The van der Waals surface area contributed by atoms with Gasteiger partial charge in [-0.3, -0.25) is 4.79 Å². The van der Waals surface area contributed by atoms with Gasteiger partial charge in [-0.15, -0.1) is 0 Å². The van der Waals surface area contributed by atoms with Crippen molar-refractivity contribution in [2.45, 2.75) is 38.2 Å². The Hall–Kier alpha value is -1.71. The topological polar surface area (TPSA) is 58.6 Å². The first-order valence-electron chi connectivity index (χ1n) is 6.42. The Balaban J connectivity index is 2.07. The Morgan fingerprint density at radius 3 is 2.67 bits per heavy atom. The van der Waals surface area contributed by atoms with Gasteiger partial charge < -0.3 is 15.2 Å². The number of ether oxygens (including phenoxy) is 1. The van der Waals surface area contributed by atoms with E-state index in [1.807, 2.05) is 0 Å². The molecule has 2 rings (SSSR count). The average Bonchev–Trinajstić information content (AvgIpc) is 2.41. The van der Waals surface area contributed by atoms with E-state index in [4.69, 9.17) is 4.74 Å². The first-order chi connectivity index (χ1) is 8.70. The summed E-state index contributed by atoms with van der Waals surface area (Å²) in [6.45, 7) is 0. The van der Waals surface area contributed by atoms with Crippen LogP contribution in [0.5, 0.6) is 11.5 Å². The highest BCUT2D eigenvalue weighted by Gasteiger charge is 2.17. The molecule has 1 aliphatic rings. The van der Waals surface area contributed by atoms with Gasteiger partial charge in [-0.25, -0.2) is 0 Å². The second-order valence-corrected chi connectivity index (χ2v) is 4.64. The summed E-state index contributed by atoms with van der Waals surface area (Å²) < 4.78 is 5.77. The van der Waals surface area contributed by atoms with Gasteiger partial charge in [0.25, 0.3) is 5.91 Å². The summed E-state index contributed by atoms with van der Waals surface area (Å²) >= 11 is 0. The van der Waals surface area contributed by atoms with Gasteiger partial charge in [0.05, 0.1) is 6.10 Å². The molecule has 0 radical (unpaired) electrons. The van der Waals surface area contributed by atoms with Crippen LogP contribution in [0, 0.1) is 0 Å². The molecule has 1 fully saturated rings. The van der Waals surface area contributed by atoms with Crippen molar-refractivity contribution in [3.8, 4) is 11.5 Å². The zero-order valence-corrected chi connectivity index (χ0v) is 10.6. The zero-order valence-electron chi connectivity index (χ0n) is 10.6. The molecular weight excluding hydrogens is 230 g/mol. The van der Waals surface area contributed by atoms with Gasteiger partial charge in [-0.05, 0) is 43.9 Å². The van der Waals surface area contributed by atoms with E-state index in [1.165, 1.54) is 25.3 Å². The van der Waals surface area contributed by atoms with Crippen LogP contribution >= 0.6 is 0 Å². The number of benzene rings is 1. The zero-order chi connectivity index (χ0) is 13.0. The molecule has 0 bridgehead atoms. The van der Waals surface area contributed by atoms with Crippen LogP contribution in [0.4, 0.5) is 0 Å². The molecule has 0 unspecified atom stereocenters. The predicted octanol–water partition coefficient (Wildman–Crippen LogP) is 2.46. The van der Waals surface area contributed by atoms with Gasteiger partial charge in [0.2, 0.25) is 0 Å². The lowest BCUT2D eigenvalue weighted by Gasteiger charge is -2.23. The van der Waals surface area contributed by atoms with Crippen LogP contribution in [0.25, 0.3) is 0 Å². The van der Waals surface area contributed by atoms with Crippen LogP contribution in [0.2, 0.25) is 0 Å². The molecule has 0 atom stereocenters. The molecule has 0 saturated heterocycles. The third kappa shape index (κ3) is 2.94. The first-order valence-corrected chi connectivity index (χ1v) is 6.42. The molecule has 0 heterocycles. The van der Waals surface area contributed by atoms with Crippen molar-refractivity contribution in [3.63, 3.8) is 0 Å². The van der Waals surface area contributed by atoms with Crippen LogP contribution in [0.1, 0.15) is 42.5 Å². The van der Waals surface area contributed by atoms with E-state index in [0.717, 1.165) is 12.8 Å². The number of rotatable bonds is 3. The van der Waals surface area contributed by atoms with Crippen molar-refractivity contribution in [2.75, 3.05) is 7.05 Å². The van der Waals surface area contributed by atoms with E-state index in [2.05, 4.69) is 5.32 Å². The van der Waals surface area contributed by atoms with Gasteiger partial charge in [0.15, 0.2) is 11.5 Å². The molecule has 0 spiro atoms. The number of hydrogen-bond acceptors (Lipinski definition) is 3. The van der Waals surface area contributed by atoms with Crippen LogP contribution in [-0.4, -0.2) is 24.2 Å². The van der Waals surface area contributed by atoms with E-state index in [9.17, 15) is 9.90 Å². The van der Waals surface area contributed by atoms with E-state index in [0.29, 0.717) is 11.3 Å². The summed E-state index contributed by atoms with van der Waals surface area (Å²) in [5, 5.41) is 12.4. The molecule has 1 aliphatic carbocycles. The Morgan fingerprint density at radius 2 is 2.06 bits per heavy atom. The Morgan fingerprint density at radius 1 is 1.33 bits per heavy atom. The van der Waals surface area contributed by atoms with E-state index < -0.39 is 0 Å². The number of phenolic OH excluding ortho intramolecular Hbond substituents is 1. The standard InChI is InChI=1S/C14H19NO3/c1-15-14(17)10-7-8-13(12(16)9-10)18-11-5-3-2-4-6-11/h7-9,11,16H,2-6H2,1H3,(H,15,17).